The van der Waals surface area contributed by atoms with Gasteiger partial charge < -0.3 is 4.90 Å². The van der Waals surface area contributed by atoms with Crippen molar-refractivity contribution in [2.24, 2.45) is 5.92 Å². The molecule has 2 aromatic rings. The Morgan fingerprint density at radius 2 is 1.67 bits per heavy atom. The van der Waals surface area contributed by atoms with Gasteiger partial charge in [-0.15, -0.1) is 0 Å². The fraction of sp³-hybridized carbons (Fsp3) is 0.409. The number of carbonyl (C=O) groups excluding carboxylic acids is 3. The Kier molecular flexibility index (Phi) is 5.26. The van der Waals surface area contributed by atoms with Crippen LogP contribution >= 0.6 is 0 Å². The minimum atomic E-state index is -4.31. The molecule has 0 unspecified atom stereocenters. The summed E-state index contributed by atoms with van der Waals surface area (Å²) in [6.45, 7) is 0.0340. The van der Waals surface area contributed by atoms with Crippen LogP contribution in [0.1, 0.15) is 46.4 Å². The summed E-state index contributed by atoms with van der Waals surface area (Å²) in [6.07, 6.45) is -3.75. The highest BCUT2D eigenvalue weighted by molar-refractivity contribution is 6.25. The van der Waals surface area contributed by atoms with Crippen LogP contribution in [0.2, 0.25) is 0 Å². The molecule has 158 valence electrons. The molecule has 30 heavy (non-hydrogen) atoms. The number of likely N-dealkylation sites (tertiary alicyclic amines) is 1. The summed E-state index contributed by atoms with van der Waals surface area (Å²) in [4.78, 5) is 40.4. The highest BCUT2D eigenvalue weighted by Gasteiger charge is 2.42. The van der Waals surface area contributed by atoms with E-state index >= 15 is 0 Å². The molecule has 0 bridgehead atoms. The van der Waals surface area contributed by atoms with Gasteiger partial charge in [-0.2, -0.15) is 13.2 Å². The molecular formula is C22H21F3N2O3. The number of hydrogen-bond donors (Lipinski definition) is 0. The van der Waals surface area contributed by atoms with E-state index < -0.39 is 23.9 Å². The molecule has 2 heterocycles. The summed E-state index contributed by atoms with van der Waals surface area (Å²) >= 11 is 0. The van der Waals surface area contributed by atoms with Crippen molar-refractivity contribution in [2.75, 3.05) is 19.6 Å². The van der Waals surface area contributed by atoms with Crippen molar-refractivity contribution in [1.29, 1.82) is 0 Å². The molecule has 0 N–H and O–H groups in total. The van der Waals surface area contributed by atoms with Gasteiger partial charge in [0.15, 0.2) is 0 Å². The van der Waals surface area contributed by atoms with Crippen LogP contribution in [-0.2, 0) is 4.79 Å². The van der Waals surface area contributed by atoms with Crippen LogP contribution in [-0.4, -0.2) is 53.3 Å². The fourth-order valence-corrected chi connectivity index (χ4v) is 4.30. The summed E-state index contributed by atoms with van der Waals surface area (Å²) < 4.78 is 38.9. The van der Waals surface area contributed by atoms with E-state index in [1.54, 1.807) is 24.3 Å². The molecule has 3 amide bonds. The summed E-state index contributed by atoms with van der Waals surface area (Å²) in [6, 6.07) is 10.5. The number of rotatable bonds is 4. The fourth-order valence-electron chi connectivity index (χ4n) is 4.30. The van der Waals surface area contributed by atoms with Crippen molar-refractivity contribution >= 4 is 28.5 Å². The molecule has 2 aromatic carbocycles. The van der Waals surface area contributed by atoms with Gasteiger partial charge in [0, 0.05) is 42.6 Å². The number of nitrogens with zero attached hydrogens (tertiary/aromatic N) is 2. The smallest absolute Gasteiger partial charge is 0.342 e. The molecule has 8 heteroatoms. The molecule has 2 aliphatic rings. The van der Waals surface area contributed by atoms with Gasteiger partial charge >= 0.3 is 6.18 Å². The van der Waals surface area contributed by atoms with Crippen molar-refractivity contribution in [1.82, 2.24) is 9.80 Å². The zero-order valence-corrected chi connectivity index (χ0v) is 16.2. The first-order chi connectivity index (χ1) is 14.3. The minimum Gasteiger partial charge on any atom is -0.342 e. The molecule has 2 aliphatic heterocycles. The summed E-state index contributed by atoms with van der Waals surface area (Å²) in [5, 5.41) is 1.44. The van der Waals surface area contributed by atoms with E-state index in [0.717, 1.165) is 10.3 Å². The molecule has 0 aliphatic carbocycles. The molecule has 1 atom stereocenters. The van der Waals surface area contributed by atoms with Crippen LogP contribution in [0.5, 0.6) is 0 Å². The SMILES string of the molecule is O=C(CCCN1C(=O)c2cccc3cccc(c23)C1=O)N1CCC[C@@H](C(F)(F)F)C1. The third kappa shape index (κ3) is 3.66. The van der Waals surface area contributed by atoms with Gasteiger partial charge in [0.05, 0.1) is 5.92 Å². The quantitative estimate of drug-likeness (QED) is 0.705. The van der Waals surface area contributed by atoms with E-state index in [0.29, 0.717) is 29.5 Å². The number of hydrogen-bond acceptors (Lipinski definition) is 3. The van der Waals surface area contributed by atoms with Crippen LogP contribution in [0.3, 0.4) is 0 Å². The first kappa shape index (κ1) is 20.4. The lowest BCUT2D eigenvalue weighted by atomic mass is 9.94. The van der Waals surface area contributed by atoms with Crippen LogP contribution in [0.15, 0.2) is 36.4 Å². The maximum Gasteiger partial charge on any atom is 0.393 e. The molecule has 1 saturated heterocycles. The van der Waals surface area contributed by atoms with Crippen molar-refractivity contribution in [3.8, 4) is 0 Å². The van der Waals surface area contributed by atoms with Gasteiger partial charge in [-0.1, -0.05) is 24.3 Å². The van der Waals surface area contributed by atoms with Crippen molar-refractivity contribution in [3.05, 3.63) is 47.5 Å². The molecule has 1 fully saturated rings. The zero-order valence-electron chi connectivity index (χ0n) is 16.2. The first-order valence-electron chi connectivity index (χ1n) is 10.00. The maximum atomic E-state index is 13.0. The molecule has 0 radical (unpaired) electrons. The zero-order chi connectivity index (χ0) is 21.5. The summed E-state index contributed by atoms with van der Waals surface area (Å²) in [5.74, 6) is -2.68. The van der Waals surface area contributed by atoms with E-state index in [1.807, 2.05) is 12.1 Å². The normalized spacial score (nSPS) is 19.5. The van der Waals surface area contributed by atoms with E-state index in [9.17, 15) is 27.6 Å². The second-order valence-electron chi connectivity index (χ2n) is 7.80. The first-order valence-corrected chi connectivity index (χ1v) is 10.00. The molecule has 0 spiro atoms. The monoisotopic (exact) mass is 418 g/mol. The molecule has 0 saturated carbocycles. The van der Waals surface area contributed by atoms with E-state index in [-0.39, 0.29) is 38.3 Å². The van der Waals surface area contributed by atoms with E-state index in [2.05, 4.69) is 0 Å². The molecule has 5 nitrogen and oxygen atoms in total. The number of imide groups is 1. The Morgan fingerprint density at radius 3 is 2.27 bits per heavy atom. The predicted molar refractivity (Wildman–Crippen MR) is 104 cm³/mol. The van der Waals surface area contributed by atoms with Crippen molar-refractivity contribution in [3.63, 3.8) is 0 Å². The van der Waals surface area contributed by atoms with Crippen LogP contribution in [0, 0.1) is 5.92 Å². The van der Waals surface area contributed by atoms with E-state index in [4.69, 9.17) is 0 Å². The Bertz CT molecular complexity index is 968. The van der Waals surface area contributed by atoms with Crippen molar-refractivity contribution in [2.45, 2.75) is 31.9 Å². The second-order valence-corrected chi connectivity index (χ2v) is 7.80. The average molecular weight is 418 g/mol. The number of carbonyl (C=O) groups is 3. The van der Waals surface area contributed by atoms with Gasteiger partial charge in [0.2, 0.25) is 5.91 Å². The van der Waals surface area contributed by atoms with Gasteiger partial charge in [0.25, 0.3) is 11.8 Å². The number of piperidine rings is 1. The topological polar surface area (TPSA) is 57.7 Å². The number of amides is 3. The number of alkyl halides is 3. The highest BCUT2D eigenvalue weighted by Crippen LogP contribution is 2.33. The maximum absolute atomic E-state index is 13.0. The minimum absolute atomic E-state index is 0.00646. The number of benzene rings is 2. The van der Waals surface area contributed by atoms with E-state index in [1.165, 1.54) is 4.90 Å². The van der Waals surface area contributed by atoms with Gasteiger partial charge in [-0.25, -0.2) is 0 Å². The Balaban J connectivity index is 1.41. The highest BCUT2D eigenvalue weighted by atomic mass is 19.4. The third-order valence-corrected chi connectivity index (χ3v) is 5.87. The Hall–Kier alpha value is -2.90. The third-order valence-electron chi connectivity index (χ3n) is 5.87. The van der Waals surface area contributed by atoms with Crippen LogP contribution < -0.4 is 0 Å². The van der Waals surface area contributed by atoms with Crippen molar-refractivity contribution < 1.29 is 27.6 Å². The summed E-state index contributed by atoms with van der Waals surface area (Å²) in [5.41, 5.74) is 0.885. The lowest BCUT2D eigenvalue weighted by Crippen LogP contribution is -2.45. The Labute approximate surface area is 171 Å². The molecular weight excluding hydrogens is 397 g/mol. The average Bonchev–Trinajstić information content (AvgIpc) is 2.73. The number of halogens is 3. The Morgan fingerprint density at radius 1 is 1.03 bits per heavy atom. The van der Waals surface area contributed by atoms with Gasteiger partial charge in [-0.3, -0.25) is 19.3 Å². The van der Waals surface area contributed by atoms with Crippen LogP contribution in [0.25, 0.3) is 10.8 Å². The second kappa shape index (κ2) is 7.74. The largest absolute Gasteiger partial charge is 0.393 e. The molecule has 0 aromatic heterocycles. The lowest BCUT2D eigenvalue weighted by molar-refractivity contribution is -0.188. The summed E-state index contributed by atoms with van der Waals surface area (Å²) in [7, 11) is 0. The van der Waals surface area contributed by atoms with Gasteiger partial charge in [0.1, 0.15) is 0 Å². The molecule has 4 rings (SSSR count). The van der Waals surface area contributed by atoms with Crippen LogP contribution in [0.4, 0.5) is 13.2 Å². The lowest BCUT2D eigenvalue weighted by Gasteiger charge is -2.34. The van der Waals surface area contributed by atoms with Gasteiger partial charge in [-0.05, 0) is 36.8 Å². The predicted octanol–water partition coefficient (Wildman–Crippen LogP) is 4.02. The standard InChI is InChI=1S/C22H21F3N2O3/c23-22(24,25)15-7-3-11-26(13-15)18(28)10-4-12-27-20(29)16-8-1-5-14-6-2-9-17(19(14)16)21(27)30/h1-2,5-6,8-9,15H,3-4,7,10-13H2/t15-/m1/s1.